The summed E-state index contributed by atoms with van der Waals surface area (Å²) >= 11 is 0. The van der Waals surface area contributed by atoms with Crippen LogP contribution in [0.1, 0.15) is 22.3 Å². The van der Waals surface area contributed by atoms with Crippen molar-refractivity contribution in [3.8, 4) is 11.5 Å². The summed E-state index contributed by atoms with van der Waals surface area (Å²) in [5.74, 6) is 2.42. The number of methoxy groups -OCH3 is 1. The highest BCUT2D eigenvalue weighted by atomic mass is 35.7. The van der Waals surface area contributed by atoms with E-state index in [4.69, 9.17) is 32.5 Å². The van der Waals surface area contributed by atoms with Crippen molar-refractivity contribution >= 4 is 28.2 Å². The molecule has 8 heteroatoms. The zero-order valence-corrected chi connectivity index (χ0v) is 23.2. The third kappa shape index (κ3) is 7.30. The number of halogens is 1. The maximum Gasteiger partial charge on any atom is 0.360 e. The fourth-order valence-electron chi connectivity index (χ4n) is 4.61. The molecule has 6 rings (SSSR count). The molecule has 210 valence electrons. The molecule has 0 fully saturated rings. The Balaban J connectivity index is 0.000000652. The largest absolute Gasteiger partial charge is 0.497 e. The van der Waals surface area contributed by atoms with E-state index in [-0.39, 0.29) is 0 Å². The Hall–Kier alpha value is -4.76. The summed E-state index contributed by atoms with van der Waals surface area (Å²) in [7, 11) is -3.26. The number of allylic oxidation sites excluding steroid dienone is 3. The molecule has 42 heavy (non-hydrogen) atoms. The number of hydrogen-bond acceptors (Lipinski definition) is 6. The van der Waals surface area contributed by atoms with Crippen LogP contribution in [0.2, 0.25) is 0 Å². The van der Waals surface area contributed by atoms with Crippen molar-refractivity contribution in [2.75, 3.05) is 7.11 Å². The van der Waals surface area contributed by atoms with Crippen molar-refractivity contribution in [3.63, 3.8) is 0 Å². The summed E-state index contributed by atoms with van der Waals surface area (Å²) in [6, 6.07) is 36.7. The highest BCUT2D eigenvalue weighted by Crippen LogP contribution is 2.37. The first kappa shape index (κ1) is 28.8. The molecule has 1 aromatic heterocycles. The molecule has 0 aliphatic carbocycles. The number of hydrogen-bond donors (Lipinski definition) is 0. The van der Waals surface area contributed by atoms with Gasteiger partial charge in [0.2, 0.25) is 0 Å². The minimum atomic E-state index is -4.94. The number of fused-ring (bicyclic) bond motifs is 2. The Morgan fingerprint density at radius 2 is 1.40 bits per heavy atom. The van der Waals surface area contributed by atoms with Gasteiger partial charge in [0.1, 0.15) is 17.3 Å². The van der Waals surface area contributed by atoms with Crippen LogP contribution in [0.25, 0.3) is 28.2 Å². The molecule has 4 aromatic carbocycles. The first-order valence-electron chi connectivity index (χ1n) is 12.8. The molecule has 7 nitrogen and oxygen atoms in total. The molecular formula is C34H25ClO7. The molecule has 0 saturated carbocycles. The molecule has 0 unspecified atom stereocenters. The van der Waals surface area contributed by atoms with Crippen molar-refractivity contribution in [2.45, 2.75) is 0 Å². The normalized spacial score (nSPS) is 13.9. The van der Waals surface area contributed by atoms with Crippen molar-refractivity contribution in [1.82, 2.24) is 0 Å². The fraction of sp³-hybridized carbons (Fsp3) is 0.0294. The van der Waals surface area contributed by atoms with Gasteiger partial charge in [-0.1, -0.05) is 72.8 Å². The van der Waals surface area contributed by atoms with E-state index in [9.17, 15) is 0 Å². The van der Waals surface area contributed by atoms with Gasteiger partial charge in [-0.3, -0.25) is 0 Å². The van der Waals surface area contributed by atoms with E-state index in [1.807, 2.05) is 60.7 Å². The molecule has 0 atom stereocenters. The minimum Gasteiger partial charge on any atom is -0.497 e. The van der Waals surface area contributed by atoms with Gasteiger partial charge >= 0.3 is 11.8 Å². The van der Waals surface area contributed by atoms with Crippen LogP contribution in [0.3, 0.4) is 0 Å². The smallest absolute Gasteiger partial charge is 0.360 e. The van der Waals surface area contributed by atoms with Gasteiger partial charge in [0.25, 0.3) is 0 Å². The first-order valence-corrected chi connectivity index (χ1v) is 14.1. The highest BCUT2D eigenvalue weighted by molar-refractivity contribution is 5.97. The highest BCUT2D eigenvalue weighted by Gasteiger charge is 2.18. The first-order chi connectivity index (χ1) is 20.3. The van der Waals surface area contributed by atoms with Crippen LogP contribution in [-0.4, -0.2) is 7.11 Å². The zero-order chi connectivity index (χ0) is 29.5. The van der Waals surface area contributed by atoms with Crippen LogP contribution in [0.4, 0.5) is 0 Å². The summed E-state index contributed by atoms with van der Waals surface area (Å²) in [6.45, 7) is 0. The number of para-hydroxylation sites is 2. The van der Waals surface area contributed by atoms with Crippen LogP contribution >= 0.6 is 0 Å². The monoisotopic (exact) mass is 580 g/mol. The molecule has 2 heterocycles. The number of benzene rings is 4. The third-order valence-electron chi connectivity index (χ3n) is 6.45. The molecule has 0 amide bonds. The Labute approximate surface area is 244 Å². The number of ether oxygens (including phenoxy) is 2. The Morgan fingerprint density at radius 3 is 2.14 bits per heavy atom. The lowest BCUT2D eigenvalue weighted by molar-refractivity contribution is -2.00. The average Bonchev–Trinajstić information content (AvgIpc) is 3.00. The van der Waals surface area contributed by atoms with Crippen LogP contribution in [-0.2, 0) is 0 Å². The van der Waals surface area contributed by atoms with Gasteiger partial charge in [-0.15, -0.1) is 10.2 Å². The van der Waals surface area contributed by atoms with Crippen molar-refractivity contribution in [2.24, 2.45) is 0 Å². The van der Waals surface area contributed by atoms with E-state index in [0.717, 1.165) is 61.6 Å². The second-order valence-corrected chi connectivity index (χ2v) is 9.90. The fourth-order valence-corrected chi connectivity index (χ4v) is 4.61. The molecule has 1 aliphatic rings. The van der Waals surface area contributed by atoms with E-state index in [1.165, 1.54) is 0 Å². The third-order valence-corrected chi connectivity index (χ3v) is 6.45. The maximum absolute atomic E-state index is 8.49. The number of rotatable bonds is 5. The van der Waals surface area contributed by atoms with Crippen LogP contribution in [0.5, 0.6) is 11.5 Å². The standard InChI is InChI=1S/C34H25O3.ClHO4/c1-35-28-17-15-25(16-18-28)32(24-9-3-2-4-10-24)23-29-22-27(31-12-6-8-14-34(31)37-29)21-26-19-20-36-33-13-7-5-11-30(26)33;2-1(3,4)5/h2-23H,1H3;(H,2,3,4,5)/q+1;/p-1. The SMILES string of the molecule is COc1ccc(C(=CC2=CC(=Cc3cc[o+]c4ccccc34)c3ccccc3O2)c2ccccc2)cc1.[O-][Cl+3]([O-])([O-])[O-]. The summed E-state index contributed by atoms with van der Waals surface area (Å²) < 4.78 is 51.5. The second kappa shape index (κ2) is 12.8. The van der Waals surface area contributed by atoms with Crippen molar-refractivity contribution in [3.05, 3.63) is 156 Å². The quantitative estimate of drug-likeness (QED) is 0.289. The lowest BCUT2D eigenvalue weighted by atomic mass is 9.94. The topological polar surface area (TPSA) is 122 Å². The molecule has 0 spiro atoms. The van der Waals surface area contributed by atoms with Gasteiger partial charge in [-0.05, 0) is 64.8 Å². The summed E-state index contributed by atoms with van der Waals surface area (Å²) in [4.78, 5) is 0. The second-order valence-electron chi connectivity index (χ2n) is 9.15. The molecule has 0 saturated heterocycles. The maximum atomic E-state index is 8.49. The summed E-state index contributed by atoms with van der Waals surface area (Å²) in [5, 5.41) is 1.06. The van der Waals surface area contributed by atoms with Crippen molar-refractivity contribution in [1.29, 1.82) is 0 Å². The molecule has 0 radical (unpaired) electrons. The Kier molecular flexibility index (Phi) is 8.78. The zero-order valence-electron chi connectivity index (χ0n) is 22.4. The predicted molar refractivity (Wildman–Crippen MR) is 150 cm³/mol. The van der Waals surface area contributed by atoms with Crippen molar-refractivity contribution < 1.29 is 42.8 Å². The van der Waals surface area contributed by atoms with Gasteiger partial charge in [-0.25, -0.2) is 23.1 Å². The van der Waals surface area contributed by atoms with E-state index in [0.29, 0.717) is 0 Å². The van der Waals surface area contributed by atoms with E-state index in [2.05, 4.69) is 66.8 Å². The molecule has 0 N–H and O–H groups in total. The Bertz CT molecular complexity index is 1760. The van der Waals surface area contributed by atoms with Crippen LogP contribution < -0.4 is 28.1 Å². The van der Waals surface area contributed by atoms with E-state index >= 15 is 0 Å². The summed E-state index contributed by atoms with van der Waals surface area (Å²) in [6.07, 6.45) is 8.15. The predicted octanol–water partition coefficient (Wildman–Crippen LogP) is 3.92. The van der Waals surface area contributed by atoms with Gasteiger partial charge in [0, 0.05) is 23.3 Å². The van der Waals surface area contributed by atoms with E-state index < -0.39 is 10.2 Å². The Morgan fingerprint density at radius 1 is 0.762 bits per heavy atom. The van der Waals surface area contributed by atoms with Crippen LogP contribution in [0, 0.1) is 10.2 Å². The average molecular weight is 581 g/mol. The van der Waals surface area contributed by atoms with Gasteiger partial charge in [0.15, 0.2) is 0 Å². The lowest BCUT2D eigenvalue weighted by Crippen LogP contribution is -2.68. The van der Waals surface area contributed by atoms with Gasteiger partial charge in [-0.2, -0.15) is 0 Å². The molecule has 0 bridgehead atoms. The molecule has 1 aliphatic heterocycles. The van der Waals surface area contributed by atoms with Gasteiger partial charge < -0.3 is 9.47 Å². The lowest BCUT2D eigenvalue weighted by Gasteiger charge is -2.20. The van der Waals surface area contributed by atoms with Gasteiger partial charge in [0.05, 0.1) is 12.5 Å². The molecular weight excluding hydrogens is 556 g/mol. The minimum absolute atomic E-state index is 0.768. The van der Waals surface area contributed by atoms with E-state index in [1.54, 1.807) is 13.4 Å². The van der Waals surface area contributed by atoms with Crippen LogP contribution in [0.15, 0.2) is 138 Å². The molecule has 5 aromatic rings. The summed E-state index contributed by atoms with van der Waals surface area (Å²) in [5.41, 5.74) is 7.33.